The van der Waals surface area contributed by atoms with Crippen LogP contribution in [0.5, 0.6) is 5.75 Å². The van der Waals surface area contributed by atoms with Crippen LogP contribution in [0.25, 0.3) is 0 Å². The number of likely N-dealkylation sites (tertiary alicyclic amines) is 2. The zero-order valence-electron chi connectivity index (χ0n) is 24.5. The molecule has 4 heterocycles. The van der Waals surface area contributed by atoms with Gasteiger partial charge in [0.15, 0.2) is 0 Å². The molecule has 0 bridgehead atoms. The first-order chi connectivity index (χ1) is 20.8. The molecule has 1 aromatic carbocycles. The molecule has 1 unspecified atom stereocenters. The highest BCUT2D eigenvalue weighted by Crippen LogP contribution is 2.34. The lowest BCUT2D eigenvalue weighted by atomic mass is 10.0. The Bertz CT molecular complexity index is 1530. The number of hydrogen-bond acceptors (Lipinski definition) is 9. The third kappa shape index (κ3) is 6.60. The molecule has 2 aromatic heterocycles. The molecule has 226 valence electrons. The van der Waals surface area contributed by atoms with Crippen molar-refractivity contribution in [1.82, 2.24) is 29.5 Å². The Morgan fingerprint density at radius 1 is 1.07 bits per heavy atom. The number of primary amides is 1. The predicted molar refractivity (Wildman–Crippen MR) is 162 cm³/mol. The van der Waals surface area contributed by atoms with Crippen molar-refractivity contribution in [3.63, 3.8) is 0 Å². The molecule has 1 atom stereocenters. The van der Waals surface area contributed by atoms with Gasteiger partial charge in [-0.05, 0) is 62.8 Å². The van der Waals surface area contributed by atoms with Crippen LogP contribution in [0.3, 0.4) is 0 Å². The summed E-state index contributed by atoms with van der Waals surface area (Å²) in [6.45, 7) is 8.17. The van der Waals surface area contributed by atoms with E-state index in [4.69, 9.17) is 10.5 Å². The number of aryl methyl sites for hydroxylation is 1. The molecule has 2 aliphatic heterocycles. The largest absolute Gasteiger partial charge is 0.495 e. The van der Waals surface area contributed by atoms with Gasteiger partial charge >= 0.3 is 0 Å². The average molecular weight is 588 g/mol. The van der Waals surface area contributed by atoms with Gasteiger partial charge in [-0.2, -0.15) is 10.1 Å². The molecule has 2 saturated heterocycles. The number of carbonyl (C=O) groups excluding carboxylic acids is 3. The van der Waals surface area contributed by atoms with Crippen molar-refractivity contribution in [2.45, 2.75) is 45.1 Å². The van der Waals surface area contributed by atoms with Gasteiger partial charge in [0.25, 0.3) is 11.8 Å². The highest BCUT2D eigenvalue weighted by Gasteiger charge is 2.25. The fraction of sp³-hybridized carbons (Fsp3) is 0.400. The summed E-state index contributed by atoms with van der Waals surface area (Å²) in [5.41, 5.74) is 8.20. The Kier molecular flexibility index (Phi) is 8.88. The van der Waals surface area contributed by atoms with Crippen LogP contribution in [-0.4, -0.2) is 80.6 Å². The monoisotopic (exact) mass is 587 g/mol. The molecule has 3 aromatic rings. The molecule has 5 rings (SSSR count). The van der Waals surface area contributed by atoms with Gasteiger partial charge in [-0.3, -0.25) is 19.1 Å². The number of ether oxygens (including phenoxy) is 1. The lowest BCUT2D eigenvalue weighted by Crippen LogP contribution is -2.39. The van der Waals surface area contributed by atoms with Crippen molar-refractivity contribution in [3.8, 4) is 5.75 Å². The maximum Gasteiger partial charge on any atom is 0.254 e. The van der Waals surface area contributed by atoms with E-state index >= 15 is 0 Å². The molecule has 13 nitrogen and oxygen atoms in total. The van der Waals surface area contributed by atoms with Gasteiger partial charge in [0.05, 0.1) is 30.7 Å². The summed E-state index contributed by atoms with van der Waals surface area (Å²) >= 11 is 0. The Labute approximate surface area is 250 Å². The van der Waals surface area contributed by atoms with Crippen molar-refractivity contribution in [1.29, 1.82) is 0 Å². The molecule has 13 heteroatoms. The lowest BCUT2D eigenvalue weighted by molar-refractivity contribution is -0.127. The molecule has 43 heavy (non-hydrogen) atoms. The molecule has 4 N–H and O–H groups in total. The van der Waals surface area contributed by atoms with E-state index in [0.717, 1.165) is 50.8 Å². The van der Waals surface area contributed by atoms with Crippen LogP contribution in [-0.2, 0) is 4.79 Å². The van der Waals surface area contributed by atoms with Crippen LogP contribution in [0.1, 0.15) is 64.4 Å². The molecule has 0 spiro atoms. The molecule has 3 amide bonds. The van der Waals surface area contributed by atoms with Gasteiger partial charge in [0.2, 0.25) is 11.9 Å². The Morgan fingerprint density at radius 2 is 1.84 bits per heavy atom. The van der Waals surface area contributed by atoms with E-state index in [1.54, 1.807) is 23.2 Å². The van der Waals surface area contributed by atoms with Gasteiger partial charge in [-0.15, -0.1) is 0 Å². The molecular weight excluding hydrogens is 550 g/mol. The van der Waals surface area contributed by atoms with Crippen molar-refractivity contribution in [2.75, 3.05) is 43.9 Å². The molecule has 0 radical (unpaired) electrons. The van der Waals surface area contributed by atoms with Crippen LogP contribution in [0.2, 0.25) is 0 Å². The van der Waals surface area contributed by atoms with Crippen molar-refractivity contribution < 1.29 is 19.1 Å². The SMILES string of the molecule is C=CC(=O)N1CCCC(n2cc(Nc3ncc(C(N)=O)c(Nc4c(C)cc(C(=O)N5CCCCC5)cc4OC)n3)cn2)C1. The second-order valence-electron chi connectivity index (χ2n) is 10.8. The quantitative estimate of drug-likeness (QED) is 0.318. The summed E-state index contributed by atoms with van der Waals surface area (Å²) in [5.74, 6) is 0.00134. The number of amides is 3. The van der Waals surface area contributed by atoms with Crippen LogP contribution < -0.4 is 21.1 Å². The Hall–Kier alpha value is -4.94. The standard InChI is InChI=1S/C30H37N9O4/c1-4-25(40)38-12-8-9-22(18-38)39-17-21(15-33-39)34-30-32-16-23(27(31)41)28(36-30)35-26-19(2)13-20(14-24(26)43-3)29(42)37-10-6-5-7-11-37/h4,13-17,22H,1,5-12,18H2,2-3H3,(H2,31,41)(H2,32,34,35,36). The van der Waals surface area contributed by atoms with Crippen LogP contribution >= 0.6 is 0 Å². The number of methoxy groups -OCH3 is 1. The van der Waals surface area contributed by atoms with Crippen LogP contribution in [0.15, 0.2) is 43.4 Å². The van der Waals surface area contributed by atoms with Gasteiger partial charge in [-0.1, -0.05) is 6.58 Å². The fourth-order valence-corrected chi connectivity index (χ4v) is 5.55. The predicted octanol–water partition coefficient (Wildman–Crippen LogP) is 3.55. The van der Waals surface area contributed by atoms with Crippen molar-refractivity contribution >= 4 is 40.9 Å². The molecule has 2 aliphatic rings. The number of nitrogens with zero attached hydrogens (tertiary/aromatic N) is 6. The smallest absolute Gasteiger partial charge is 0.254 e. The zero-order valence-corrected chi connectivity index (χ0v) is 24.5. The van der Waals surface area contributed by atoms with E-state index < -0.39 is 5.91 Å². The van der Waals surface area contributed by atoms with Crippen molar-refractivity contribution in [2.24, 2.45) is 5.73 Å². The highest BCUT2D eigenvalue weighted by atomic mass is 16.5. The van der Waals surface area contributed by atoms with Crippen LogP contribution in [0.4, 0.5) is 23.1 Å². The normalized spacial score (nSPS) is 16.8. The van der Waals surface area contributed by atoms with E-state index in [1.165, 1.54) is 19.4 Å². The maximum atomic E-state index is 13.1. The lowest BCUT2D eigenvalue weighted by Gasteiger charge is -2.32. The van der Waals surface area contributed by atoms with E-state index in [1.807, 2.05) is 22.7 Å². The summed E-state index contributed by atoms with van der Waals surface area (Å²) in [6, 6.07) is 3.53. The number of nitrogens with one attached hydrogen (secondary N) is 2. The number of aromatic nitrogens is 4. The van der Waals surface area contributed by atoms with Gasteiger partial charge in [0.1, 0.15) is 17.1 Å². The number of anilines is 4. The average Bonchev–Trinajstić information content (AvgIpc) is 3.50. The number of benzene rings is 1. The minimum absolute atomic E-state index is 0.0313. The minimum Gasteiger partial charge on any atom is -0.495 e. The maximum absolute atomic E-state index is 13.1. The van der Waals surface area contributed by atoms with E-state index in [9.17, 15) is 14.4 Å². The first-order valence-electron chi connectivity index (χ1n) is 14.4. The zero-order chi connectivity index (χ0) is 30.5. The molecular formula is C30H37N9O4. The number of hydrogen-bond donors (Lipinski definition) is 3. The van der Waals surface area contributed by atoms with E-state index in [0.29, 0.717) is 35.8 Å². The highest BCUT2D eigenvalue weighted by molar-refractivity contribution is 5.99. The van der Waals surface area contributed by atoms with Gasteiger partial charge in [-0.25, -0.2) is 4.98 Å². The first-order valence-corrected chi connectivity index (χ1v) is 14.4. The van der Waals surface area contributed by atoms with Gasteiger partial charge in [0, 0.05) is 44.1 Å². The first kappa shape index (κ1) is 29.5. The number of piperidine rings is 2. The fourth-order valence-electron chi connectivity index (χ4n) is 5.55. The summed E-state index contributed by atoms with van der Waals surface area (Å²) < 4.78 is 7.47. The van der Waals surface area contributed by atoms with E-state index in [2.05, 4.69) is 32.3 Å². The third-order valence-electron chi connectivity index (χ3n) is 7.82. The topological polar surface area (TPSA) is 161 Å². The number of nitrogens with two attached hydrogens (primary N) is 1. The second-order valence-corrected chi connectivity index (χ2v) is 10.8. The summed E-state index contributed by atoms with van der Waals surface area (Å²) in [4.78, 5) is 49.9. The van der Waals surface area contributed by atoms with Crippen molar-refractivity contribution in [3.05, 3.63) is 60.1 Å². The molecule has 2 fully saturated rings. The van der Waals surface area contributed by atoms with E-state index in [-0.39, 0.29) is 35.2 Å². The number of rotatable bonds is 9. The molecule has 0 saturated carbocycles. The number of carbonyl (C=O) groups is 3. The summed E-state index contributed by atoms with van der Waals surface area (Å²) in [6.07, 6.45) is 11.1. The summed E-state index contributed by atoms with van der Waals surface area (Å²) in [7, 11) is 1.52. The van der Waals surface area contributed by atoms with Gasteiger partial charge < -0.3 is 30.9 Å². The molecule has 0 aliphatic carbocycles. The summed E-state index contributed by atoms with van der Waals surface area (Å²) in [5, 5.41) is 10.8. The third-order valence-corrected chi connectivity index (χ3v) is 7.82. The van der Waals surface area contributed by atoms with Crippen LogP contribution in [0, 0.1) is 6.92 Å². The second kappa shape index (κ2) is 12.9. The Morgan fingerprint density at radius 3 is 2.56 bits per heavy atom. The minimum atomic E-state index is -0.702. The Balaban J connectivity index is 1.36.